The lowest BCUT2D eigenvalue weighted by Crippen LogP contribution is -2.28. The van der Waals surface area contributed by atoms with Gasteiger partial charge >= 0.3 is 5.97 Å². The first-order valence-corrected chi connectivity index (χ1v) is 6.12. The Morgan fingerprint density at radius 3 is 2.78 bits per heavy atom. The Bertz CT molecular complexity index is 375. The Balaban J connectivity index is 0.00000162. The van der Waals surface area contributed by atoms with Crippen molar-refractivity contribution in [1.29, 1.82) is 0 Å². The van der Waals surface area contributed by atoms with Gasteiger partial charge in [0.05, 0.1) is 18.7 Å². The SMILES string of the molecule is Cl.O=C(O)CCc1cc(CN2CCCCC2)on1. The van der Waals surface area contributed by atoms with Crippen molar-refractivity contribution in [2.45, 2.75) is 38.6 Å². The van der Waals surface area contributed by atoms with Crippen LogP contribution < -0.4 is 0 Å². The van der Waals surface area contributed by atoms with Gasteiger partial charge in [0.1, 0.15) is 0 Å². The number of piperidine rings is 1. The molecular formula is C12H19ClN2O3. The standard InChI is InChI=1S/C12H18N2O3.ClH/c15-12(16)5-4-10-8-11(17-13-10)9-14-6-2-1-3-7-14;/h8H,1-7,9H2,(H,15,16);1H. The number of carboxylic acid groups (broad SMARTS) is 1. The van der Waals surface area contributed by atoms with Gasteiger partial charge in [-0.2, -0.15) is 0 Å². The van der Waals surface area contributed by atoms with E-state index in [0.29, 0.717) is 6.42 Å². The zero-order chi connectivity index (χ0) is 12.1. The molecule has 1 saturated heterocycles. The van der Waals surface area contributed by atoms with E-state index in [1.165, 1.54) is 19.3 Å². The second-order valence-corrected chi connectivity index (χ2v) is 4.52. The summed E-state index contributed by atoms with van der Waals surface area (Å²) in [4.78, 5) is 12.8. The number of hydrogen-bond donors (Lipinski definition) is 1. The minimum absolute atomic E-state index is 0. The van der Waals surface area contributed by atoms with Gasteiger partial charge in [-0.05, 0) is 25.9 Å². The summed E-state index contributed by atoms with van der Waals surface area (Å²) in [7, 11) is 0. The average molecular weight is 275 g/mol. The van der Waals surface area contributed by atoms with Crippen LogP contribution in [0.1, 0.15) is 37.1 Å². The lowest BCUT2D eigenvalue weighted by molar-refractivity contribution is -0.136. The van der Waals surface area contributed by atoms with Crippen LogP contribution in [0.5, 0.6) is 0 Å². The van der Waals surface area contributed by atoms with Crippen molar-refractivity contribution in [3.63, 3.8) is 0 Å². The minimum atomic E-state index is -0.800. The van der Waals surface area contributed by atoms with Crippen LogP contribution >= 0.6 is 12.4 Å². The van der Waals surface area contributed by atoms with Crippen LogP contribution in [0.4, 0.5) is 0 Å². The number of rotatable bonds is 5. The fourth-order valence-electron chi connectivity index (χ4n) is 2.12. The van der Waals surface area contributed by atoms with Gasteiger partial charge in [-0.3, -0.25) is 9.69 Å². The molecule has 1 aromatic heterocycles. The van der Waals surface area contributed by atoms with Crippen LogP contribution in [-0.2, 0) is 17.8 Å². The summed E-state index contributed by atoms with van der Waals surface area (Å²) in [6, 6.07) is 1.87. The summed E-state index contributed by atoms with van der Waals surface area (Å²) in [5.41, 5.74) is 0.736. The molecule has 0 spiro atoms. The number of aliphatic carboxylic acids is 1. The molecule has 1 aliphatic heterocycles. The van der Waals surface area contributed by atoms with Crippen molar-refractivity contribution in [1.82, 2.24) is 10.1 Å². The van der Waals surface area contributed by atoms with Crippen LogP contribution in [0.25, 0.3) is 0 Å². The van der Waals surface area contributed by atoms with E-state index >= 15 is 0 Å². The molecule has 1 aromatic rings. The summed E-state index contributed by atoms with van der Waals surface area (Å²) < 4.78 is 5.22. The molecule has 2 rings (SSSR count). The Kier molecular flexibility index (Phi) is 6.15. The van der Waals surface area contributed by atoms with Gasteiger partial charge in [0.25, 0.3) is 0 Å². The molecule has 0 amide bonds. The van der Waals surface area contributed by atoms with E-state index in [0.717, 1.165) is 31.1 Å². The third-order valence-corrected chi connectivity index (χ3v) is 3.03. The largest absolute Gasteiger partial charge is 0.481 e. The molecule has 0 aliphatic carbocycles. The van der Waals surface area contributed by atoms with Crippen molar-refractivity contribution in [2.75, 3.05) is 13.1 Å². The topological polar surface area (TPSA) is 66.6 Å². The van der Waals surface area contributed by atoms with Gasteiger partial charge in [-0.1, -0.05) is 11.6 Å². The van der Waals surface area contributed by atoms with Gasteiger partial charge < -0.3 is 9.63 Å². The van der Waals surface area contributed by atoms with Crippen molar-refractivity contribution in [3.8, 4) is 0 Å². The third kappa shape index (κ3) is 4.66. The first-order valence-electron chi connectivity index (χ1n) is 6.12. The average Bonchev–Trinajstić information content (AvgIpc) is 2.75. The van der Waals surface area contributed by atoms with Gasteiger partial charge in [0, 0.05) is 12.5 Å². The summed E-state index contributed by atoms with van der Waals surface area (Å²) in [5.74, 6) is 0.0397. The maximum absolute atomic E-state index is 10.4. The number of aromatic nitrogens is 1. The van der Waals surface area contributed by atoms with Crippen molar-refractivity contribution in [2.24, 2.45) is 0 Å². The fourth-order valence-corrected chi connectivity index (χ4v) is 2.12. The van der Waals surface area contributed by atoms with E-state index in [1.54, 1.807) is 0 Å². The molecule has 1 fully saturated rings. The van der Waals surface area contributed by atoms with Crippen LogP contribution in [0.2, 0.25) is 0 Å². The number of carboxylic acids is 1. The summed E-state index contributed by atoms with van der Waals surface area (Å²) in [5, 5.41) is 12.5. The second kappa shape index (κ2) is 7.38. The van der Waals surface area contributed by atoms with Crippen LogP contribution in [0.3, 0.4) is 0 Å². The number of likely N-dealkylation sites (tertiary alicyclic amines) is 1. The molecule has 0 atom stereocenters. The third-order valence-electron chi connectivity index (χ3n) is 3.03. The number of halogens is 1. The molecule has 0 saturated carbocycles. The molecule has 5 nitrogen and oxygen atoms in total. The number of carbonyl (C=O) groups is 1. The number of nitrogens with zero attached hydrogens (tertiary/aromatic N) is 2. The predicted molar refractivity (Wildman–Crippen MR) is 68.8 cm³/mol. The van der Waals surface area contributed by atoms with E-state index < -0.39 is 5.97 Å². The first-order chi connectivity index (χ1) is 8.24. The Hall–Kier alpha value is -1.07. The zero-order valence-electron chi connectivity index (χ0n) is 10.3. The van der Waals surface area contributed by atoms with Crippen LogP contribution in [-0.4, -0.2) is 34.2 Å². The maximum Gasteiger partial charge on any atom is 0.303 e. The zero-order valence-corrected chi connectivity index (χ0v) is 11.1. The molecule has 0 radical (unpaired) electrons. The highest BCUT2D eigenvalue weighted by Crippen LogP contribution is 2.14. The highest BCUT2D eigenvalue weighted by molar-refractivity contribution is 5.85. The number of aryl methyl sites for hydroxylation is 1. The summed E-state index contributed by atoms with van der Waals surface area (Å²) in [6.45, 7) is 3.02. The normalized spacial score (nSPS) is 16.2. The lowest BCUT2D eigenvalue weighted by atomic mass is 10.1. The van der Waals surface area contributed by atoms with Crippen LogP contribution in [0.15, 0.2) is 10.6 Å². The van der Waals surface area contributed by atoms with Crippen LogP contribution in [0, 0.1) is 0 Å². The van der Waals surface area contributed by atoms with E-state index in [2.05, 4.69) is 10.1 Å². The molecule has 6 heteroatoms. The molecule has 1 aliphatic rings. The monoisotopic (exact) mass is 274 g/mol. The highest BCUT2D eigenvalue weighted by Gasteiger charge is 2.13. The smallest absolute Gasteiger partial charge is 0.303 e. The van der Waals surface area contributed by atoms with Crippen molar-refractivity contribution >= 4 is 18.4 Å². The maximum atomic E-state index is 10.4. The second-order valence-electron chi connectivity index (χ2n) is 4.52. The van der Waals surface area contributed by atoms with Gasteiger partial charge in [0.15, 0.2) is 5.76 Å². The van der Waals surface area contributed by atoms with E-state index in [4.69, 9.17) is 9.63 Å². The fraction of sp³-hybridized carbons (Fsp3) is 0.667. The molecule has 1 N–H and O–H groups in total. The molecule has 0 bridgehead atoms. The quantitative estimate of drug-likeness (QED) is 0.891. The van der Waals surface area contributed by atoms with Gasteiger partial charge in [-0.15, -0.1) is 12.4 Å². The van der Waals surface area contributed by atoms with Gasteiger partial charge in [0.2, 0.25) is 0 Å². The molecule has 102 valence electrons. The van der Waals surface area contributed by atoms with Gasteiger partial charge in [-0.25, -0.2) is 0 Å². The molecule has 0 aromatic carbocycles. The Labute approximate surface area is 113 Å². The van der Waals surface area contributed by atoms with E-state index in [9.17, 15) is 4.79 Å². The molecule has 0 unspecified atom stereocenters. The number of hydrogen-bond acceptors (Lipinski definition) is 4. The Morgan fingerprint density at radius 2 is 2.11 bits per heavy atom. The lowest BCUT2D eigenvalue weighted by Gasteiger charge is -2.24. The van der Waals surface area contributed by atoms with E-state index in [1.807, 2.05) is 6.07 Å². The molecule has 2 heterocycles. The van der Waals surface area contributed by atoms with Crippen molar-refractivity contribution < 1.29 is 14.4 Å². The minimum Gasteiger partial charge on any atom is -0.481 e. The highest BCUT2D eigenvalue weighted by atomic mass is 35.5. The predicted octanol–water partition coefficient (Wildman–Crippen LogP) is 2.10. The molecular weight excluding hydrogens is 256 g/mol. The van der Waals surface area contributed by atoms with E-state index in [-0.39, 0.29) is 18.8 Å². The summed E-state index contributed by atoms with van der Waals surface area (Å²) in [6.07, 6.45) is 4.37. The Morgan fingerprint density at radius 1 is 1.39 bits per heavy atom. The first kappa shape index (κ1) is 15.0. The van der Waals surface area contributed by atoms with Crippen molar-refractivity contribution in [3.05, 3.63) is 17.5 Å². The molecule has 18 heavy (non-hydrogen) atoms. The summed E-state index contributed by atoms with van der Waals surface area (Å²) >= 11 is 0.